The highest BCUT2D eigenvalue weighted by Gasteiger charge is 2.58. The molecule has 1 aromatic rings. The molecule has 0 amide bonds. The lowest BCUT2D eigenvalue weighted by Crippen LogP contribution is -2.55. The van der Waals surface area contributed by atoms with Crippen molar-refractivity contribution in [3.05, 3.63) is 29.1 Å². The molecule has 4 nitrogen and oxygen atoms in total. The van der Waals surface area contributed by atoms with E-state index in [9.17, 15) is 17.6 Å². The van der Waals surface area contributed by atoms with E-state index in [1.807, 2.05) is 0 Å². The summed E-state index contributed by atoms with van der Waals surface area (Å²) in [6.45, 7) is 0.376. The van der Waals surface area contributed by atoms with Crippen molar-refractivity contribution in [2.45, 2.75) is 63.0 Å². The average molecular weight is 439 g/mol. The molecule has 5 aliphatic rings. The number of carbonyl (C=O) groups excluding carboxylic acids is 1. The third kappa shape index (κ3) is 3.90. The highest BCUT2D eigenvalue weighted by molar-refractivity contribution is 7.91. The minimum atomic E-state index is -3.54. The van der Waals surface area contributed by atoms with Crippen LogP contribution in [0, 0.1) is 23.1 Å². The molecular weight excluding hydrogens is 410 g/mol. The van der Waals surface area contributed by atoms with Gasteiger partial charge in [0.1, 0.15) is 23.0 Å². The minimum Gasteiger partial charge on any atom is -0.493 e. The summed E-state index contributed by atoms with van der Waals surface area (Å²) >= 11 is 0. The Balaban J connectivity index is 1.39. The summed E-state index contributed by atoms with van der Waals surface area (Å²) < 4.78 is 59.0. The fourth-order valence-corrected chi connectivity index (χ4v) is 7.31. The lowest BCUT2D eigenvalue weighted by molar-refractivity contribution is -0.136. The normalized spacial score (nSPS) is 34.9. The molecule has 5 saturated carbocycles. The first-order valence-electron chi connectivity index (χ1n) is 10.9. The van der Waals surface area contributed by atoms with Gasteiger partial charge in [-0.25, -0.2) is 17.2 Å². The Morgan fingerprint density at radius 2 is 1.83 bits per heavy atom. The second-order valence-electron chi connectivity index (χ2n) is 10.5. The molecule has 7 heteroatoms. The van der Waals surface area contributed by atoms with E-state index in [-0.39, 0.29) is 16.9 Å². The second-order valence-corrected chi connectivity index (χ2v) is 12.7. The van der Waals surface area contributed by atoms with E-state index >= 15 is 4.39 Å². The largest absolute Gasteiger partial charge is 0.493 e. The Labute approximate surface area is 176 Å². The second kappa shape index (κ2) is 6.75. The number of ether oxygens (including phenoxy) is 1. The summed E-state index contributed by atoms with van der Waals surface area (Å²) in [5.41, 5.74) is -0.666. The lowest BCUT2D eigenvalue weighted by atomic mass is 9.49. The first-order valence-corrected chi connectivity index (χ1v) is 13.0. The summed E-state index contributed by atoms with van der Waals surface area (Å²) in [4.78, 5) is 12.3. The zero-order valence-corrected chi connectivity index (χ0v) is 18.1. The summed E-state index contributed by atoms with van der Waals surface area (Å²) in [5, 5.41) is 0. The van der Waals surface area contributed by atoms with Crippen LogP contribution in [0.5, 0.6) is 5.75 Å². The Morgan fingerprint density at radius 3 is 2.40 bits per heavy atom. The molecule has 2 unspecified atom stereocenters. The molecule has 5 aliphatic carbocycles. The van der Waals surface area contributed by atoms with Gasteiger partial charge in [0.25, 0.3) is 0 Å². The number of benzene rings is 1. The van der Waals surface area contributed by atoms with Crippen molar-refractivity contribution >= 4 is 15.6 Å². The minimum absolute atomic E-state index is 0.180. The smallest absolute Gasteiger partial charge is 0.180 e. The van der Waals surface area contributed by atoms with Gasteiger partial charge in [-0.05, 0) is 80.8 Å². The molecular formula is C23H28F2O4S. The van der Waals surface area contributed by atoms with E-state index in [2.05, 4.69) is 0 Å². The predicted octanol–water partition coefficient (Wildman–Crippen LogP) is 4.62. The number of alkyl halides is 1. The molecule has 2 atom stereocenters. The van der Waals surface area contributed by atoms with Crippen molar-refractivity contribution in [1.82, 2.24) is 0 Å². The van der Waals surface area contributed by atoms with Crippen molar-refractivity contribution in [1.29, 1.82) is 0 Å². The summed E-state index contributed by atoms with van der Waals surface area (Å²) in [7, 11) is -3.54. The number of halogens is 2. The van der Waals surface area contributed by atoms with Crippen LogP contribution in [0.25, 0.3) is 0 Å². The van der Waals surface area contributed by atoms with Crippen molar-refractivity contribution in [2.24, 2.45) is 17.3 Å². The highest BCUT2D eigenvalue weighted by atomic mass is 32.2. The Bertz CT molecular complexity index is 985. The SMILES string of the molecule is CS(=O)(=O)CC(=O)c1cc(C2CC2)c(OCC23CC4CC(CC(F)(C4)C2)C3)cc1F. The third-order valence-corrected chi connectivity index (χ3v) is 8.24. The summed E-state index contributed by atoms with van der Waals surface area (Å²) in [6, 6.07) is 2.71. The molecule has 6 rings (SSSR count). The Kier molecular flexibility index (Phi) is 4.59. The number of hydrogen-bond acceptors (Lipinski definition) is 4. The maximum Gasteiger partial charge on any atom is 0.180 e. The van der Waals surface area contributed by atoms with Crippen LogP contribution in [-0.2, 0) is 9.84 Å². The van der Waals surface area contributed by atoms with Gasteiger partial charge < -0.3 is 4.74 Å². The van der Waals surface area contributed by atoms with E-state index in [1.54, 1.807) is 0 Å². The lowest BCUT2D eigenvalue weighted by Gasteiger charge is -2.58. The molecule has 0 aliphatic heterocycles. The van der Waals surface area contributed by atoms with Crippen LogP contribution in [0.4, 0.5) is 8.78 Å². The standard InChI is InChI=1S/C23H28F2O4S/c1-30(27,28)11-20(26)18-5-17(16-2-3-16)21(6-19(18)24)29-13-22-7-14-4-15(8-22)10-23(25,9-14)12-22/h5-6,14-16H,2-4,7-13H2,1H3. The maximum atomic E-state index is 15.2. The Hall–Kier alpha value is -1.50. The van der Waals surface area contributed by atoms with Gasteiger partial charge in [-0.3, -0.25) is 4.79 Å². The number of Topliss-reactive ketones (excluding diaryl/α,β-unsaturated/α-hetero) is 1. The van der Waals surface area contributed by atoms with Crippen molar-refractivity contribution in [2.75, 3.05) is 18.6 Å². The number of rotatable bonds is 7. The van der Waals surface area contributed by atoms with Crippen molar-refractivity contribution in [3.63, 3.8) is 0 Å². The number of hydrogen-bond donors (Lipinski definition) is 0. The molecule has 164 valence electrons. The number of ketones is 1. The quantitative estimate of drug-likeness (QED) is 0.583. The van der Waals surface area contributed by atoms with Crippen LogP contribution in [0.15, 0.2) is 12.1 Å². The zero-order valence-electron chi connectivity index (χ0n) is 17.3. The summed E-state index contributed by atoms with van der Waals surface area (Å²) in [5.74, 6) is -0.715. The fraction of sp³-hybridized carbons (Fsp3) is 0.696. The summed E-state index contributed by atoms with van der Waals surface area (Å²) in [6.07, 6.45) is 7.77. The van der Waals surface area contributed by atoms with Crippen LogP contribution in [0.2, 0.25) is 0 Å². The van der Waals surface area contributed by atoms with Gasteiger partial charge in [0, 0.05) is 17.7 Å². The van der Waals surface area contributed by atoms with Crippen LogP contribution in [-0.4, -0.2) is 38.5 Å². The van der Waals surface area contributed by atoms with Gasteiger partial charge in [-0.2, -0.15) is 0 Å². The molecule has 0 aromatic heterocycles. The molecule has 0 heterocycles. The first kappa shape index (κ1) is 20.4. The molecule has 0 N–H and O–H groups in total. The molecule has 1 aromatic carbocycles. The Morgan fingerprint density at radius 1 is 1.17 bits per heavy atom. The van der Waals surface area contributed by atoms with Gasteiger partial charge >= 0.3 is 0 Å². The van der Waals surface area contributed by atoms with Gasteiger partial charge in [0.05, 0.1) is 12.2 Å². The topological polar surface area (TPSA) is 60.4 Å². The fourth-order valence-electron chi connectivity index (χ4n) is 6.68. The van der Waals surface area contributed by atoms with Crippen LogP contribution < -0.4 is 4.74 Å². The molecule has 0 spiro atoms. The van der Waals surface area contributed by atoms with Gasteiger partial charge in [0.15, 0.2) is 15.6 Å². The van der Waals surface area contributed by atoms with Gasteiger partial charge in [-0.15, -0.1) is 0 Å². The van der Waals surface area contributed by atoms with Gasteiger partial charge in [-0.1, -0.05) is 0 Å². The maximum absolute atomic E-state index is 15.2. The molecule has 5 fully saturated rings. The highest BCUT2D eigenvalue weighted by Crippen LogP contribution is 2.63. The van der Waals surface area contributed by atoms with Crippen LogP contribution in [0.3, 0.4) is 0 Å². The average Bonchev–Trinajstić information content (AvgIpc) is 3.41. The number of sulfone groups is 1. The van der Waals surface area contributed by atoms with Crippen molar-refractivity contribution < 1.29 is 26.7 Å². The van der Waals surface area contributed by atoms with Crippen LogP contribution >= 0.6 is 0 Å². The third-order valence-electron chi connectivity index (χ3n) is 7.46. The molecule has 0 saturated heterocycles. The van der Waals surface area contributed by atoms with E-state index in [0.717, 1.165) is 43.9 Å². The van der Waals surface area contributed by atoms with E-state index < -0.39 is 32.9 Å². The van der Waals surface area contributed by atoms with E-state index in [0.29, 0.717) is 43.5 Å². The van der Waals surface area contributed by atoms with E-state index in [4.69, 9.17) is 4.74 Å². The van der Waals surface area contributed by atoms with E-state index in [1.165, 1.54) is 12.1 Å². The number of carbonyl (C=O) groups is 1. The zero-order chi connectivity index (χ0) is 21.3. The van der Waals surface area contributed by atoms with Crippen LogP contribution in [0.1, 0.15) is 73.2 Å². The molecule has 30 heavy (non-hydrogen) atoms. The van der Waals surface area contributed by atoms with Gasteiger partial charge in [0.2, 0.25) is 0 Å². The monoisotopic (exact) mass is 438 g/mol. The molecule has 0 radical (unpaired) electrons. The predicted molar refractivity (Wildman–Crippen MR) is 109 cm³/mol. The first-order chi connectivity index (χ1) is 14.0. The van der Waals surface area contributed by atoms with Crippen molar-refractivity contribution in [3.8, 4) is 5.75 Å². The molecule has 4 bridgehead atoms.